The normalized spacial score (nSPS) is 11.2. The maximum Gasteiger partial charge on any atom is 0.340 e. The Kier molecular flexibility index (Phi) is 5.52. The molecule has 5 heteroatoms. The van der Waals surface area contributed by atoms with Gasteiger partial charge in [0.25, 0.3) is 0 Å². The van der Waals surface area contributed by atoms with Gasteiger partial charge < -0.3 is 14.8 Å². The van der Waals surface area contributed by atoms with Crippen LogP contribution in [0.15, 0.2) is 66.9 Å². The lowest BCUT2D eigenvalue weighted by atomic mass is 9.96. The van der Waals surface area contributed by atoms with Crippen LogP contribution < -0.4 is 0 Å². The summed E-state index contributed by atoms with van der Waals surface area (Å²) in [6.07, 6.45) is 1.23. The van der Waals surface area contributed by atoms with Crippen LogP contribution in [0.5, 0.6) is 0 Å². The fourth-order valence-corrected chi connectivity index (χ4v) is 2.99. The number of nitrogens with one attached hydrogen (secondary N) is 1. The van der Waals surface area contributed by atoms with Crippen LogP contribution in [0.4, 0.5) is 0 Å². The van der Waals surface area contributed by atoms with Crippen LogP contribution >= 0.6 is 0 Å². The highest BCUT2D eigenvalue weighted by Crippen LogP contribution is 2.37. The number of hydrogen-bond donors (Lipinski definition) is 2. The molecule has 0 bridgehead atoms. The minimum absolute atomic E-state index is 0.00432. The van der Waals surface area contributed by atoms with E-state index in [0.717, 1.165) is 11.1 Å². The standard InChI is InChI=1S/C22H19NO4/c1-2-27-22(26)19-18(17(13-24)14-25)20(15-9-5-3-6-10-15)23-21(19)16-11-7-4-8-12-16/h3-14,23-24H,2H2,1H3/b17-13-. The molecule has 2 aromatic carbocycles. The van der Waals surface area contributed by atoms with E-state index in [0.29, 0.717) is 29.5 Å². The van der Waals surface area contributed by atoms with E-state index >= 15 is 0 Å². The molecule has 5 nitrogen and oxygen atoms in total. The highest BCUT2D eigenvalue weighted by Gasteiger charge is 2.28. The van der Waals surface area contributed by atoms with Gasteiger partial charge in [0.1, 0.15) is 0 Å². The average molecular weight is 361 g/mol. The van der Waals surface area contributed by atoms with Gasteiger partial charge in [0.15, 0.2) is 6.29 Å². The van der Waals surface area contributed by atoms with Crippen molar-refractivity contribution in [3.63, 3.8) is 0 Å². The molecule has 0 amide bonds. The Labute approximate surface area is 156 Å². The number of aromatic amines is 1. The number of aromatic nitrogens is 1. The van der Waals surface area contributed by atoms with E-state index in [9.17, 15) is 14.7 Å². The van der Waals surface area contributed by atoms with E-state index in [1.807, 2.05) is 60.7 Å². The number of benzene rings is 2. The predicted molar refractivity (Wildman–Crippen MR) is 104 cm³/mol. The minimum atomic E-state index is -0.564. The Bertz CT molecular complexity index is 972. The summed E-state index contributed by atoms with van der Waals surface area (Å²) < 4.78 is 5.24. The third kappa shape index (κ3) is 3.53. The van der Waals surface area contributed by atoms with Gasteiger partial charge in [0, 0.05) is 5.56 Å². The Morgan fingerprint density at radius 1 is 0.963 bits per heavy atom. The average Bonchev–Trinajstić information content (AvgIpc) is 3.11. The van der Waals surface area contributed by atoms with E-state index < -0.39 is 5.97 Å². The lowest BCUT2D eigenvalue weighted by Gasteiger charge is -2.08. The molecule has 0 aliphatic heterocycles. The molecular formula is C22H19NO4. The Morgan fingerprint density at radius 3 is 1.93 bits per heavy atom. The Balaban J connectivity index is 2.37. The van der Waals surface area contributed by atoms with Crippen LogP contribution in [0.3, 0.4) is 0 Å². The number of esters is 1. The van der Waals surface area contributed by atoms with E-state index in [1.165, 1.54) is 0 Å². The van der Waals surface area contributed by atoms with E-state index in [-0.39, 0.29) is 17.7 Å². The Hall–Kier alpha value is -3.60. The van der Waals surface area contributed by atoms with Crippen molar-refractivity contribution in [3.05, 3.63) is 78.1 Å². The molecule has 0 aliphatic carbocycles. The van der Waals surface area contributed by atoms with Crippen LogP contribution in [-0.2, 0) is 9.53 Å². The zero-order valence-corrected chi connectivity index (χ0v) is 14.8. The molecule has 0 aliphatic rings. The predicted octanol–water partition coefficient (Wildman–Crippen LogP) is 4.62. The zero-order chi connectivity index (χ0) is 19.2. The highest BCUT2D eigenvalue weighted by molar-refractivity contribution is 6.16. The molecule has 0 unspecified atom stereocenters. The van der Waals surface area contributed by atoms with Crippen molar-refractivity contribution in [2.75, 3.05) is 6.61 Å². The molecule has 0 atom stereocenters. The molecule has 3 aromatic rings. The van der Waals surface area contributed by atoms with Gasteiger partial charge in [-0.1, -0.05) is 60.7 Å². The van der Waals surface area contributed by atoms with Gasteiger partial charge >= 0.3 is 5.97 Å². The van der Waals surface area contributed by atoms with Gasteiger partial charge in [-0.05, 0) is 18.1 Å². The summed E-state index contributed by atoms with van der Waals surface area (Å²) in [5.41, 5.74) is 3.17. The quantitative estimate of drug-likeness (QED) is 0.290. The topological polar surface area (TPSA) is 79.4 Å². The van der Waals surface area contributed by atoms with Gasteiger partial charge in [-0.2, -0.15) is 0 Å². The van der Waals surface area contributed by atoms with Gasteiger partial charge in [0.2, 0.25) is 0 Å². The van der Waals surface area contributed by atoms with Crippen molar-refractivity contribution in [1.29, 1.82) is 0 Å². The molecule has 1 aromatic heterocycles. The van der Waals surface area contributed by atoms with Crippen LogP contribution in [0.2, 0.25) is 0 Å². The number of H-pyrrole nitrogens is 1. The first kappa shape index (κ1) is 18.2. The van der Waals surface area contributed by atoms with E-state index in [4.69, 9.17) is 4.74 Å². The number of allylic oxidation sites excluding steroid dienone is 1. The van der Waals surface area contributed by atoms with Crippen molar-refractivity contribution >= 4 is 17.8 Å². The summed E-state index contributed by atoms with van der Waals surface area (Å²) in [6.45, 7) is 1.91. The highest BCUT2D eigenvalue weighted by atomic mass is 16.5. The van der Waals surface area contributed by atoms with Crippen molar-refractivity contribution in [2.24, 2.45) is 0 Å². The van der Waals surface area contributed by atoms with Crippen molar-refractivity contribution in [2.45, 2.75) is 6.92 Å². The lowest BCUT2D eigenvalue weighted by Crippen LogP contribution is -2.08. The number of rotatable bonds is 6. The van der Waals surface area contributed by atoms with Gasteiger partial charge in [-0.25, -0.2) is 4.79 Å². The second-order valence-corrected chi connectivity index (χ2v) is 5.78. The molecule has 0 fully saturated rings. The third-order valence-corrected chi connectivity index (χ3v) is 4.16. The fourth-order valence-electron chi connectivity index (χ4n) is 2.99. The first-order valence-corrected chi connectivity index (χ1v) is 8.55. The SMILES string of the molecule is CCOC(=O)c1c(-c2ccccc2)[nH]c(-c2ccccc2)c1/C(C=O)=C\O. The molecule has 0 radical (unpaired) electrons. The summed E-state index contributed by atoms with van der Waals surface area (Å²) in [5.74, 6) is -0.564. The molecule has 27 heavy (non-hydrogen) atoms. The minimum Gasteiger partial charge on any atom is -0.515 e. The number of aliphatic hydroxyl groups is 1. The summed E-state index contributed by atoms with van der Waals surface area (Å²) >= 11 is 0. The fraction of sp³-hybridized carbons (Fsp3) is 0.0909. The third-order valence-electron chi connectivity index (χ3n) is 4.16. The number of aldehydes is 1. The summed E-state index contributed by atoms with van der Waals surface area (Å²) in [4.78, 5) is 27.6. The van der Waals surface area contributed by atoms with Gasteiger partial charge in [-0.3, -0.25) is 4.79 Å². The number of hydrogen-bond acceptors (Lipinski definition) is 4. The van der Waals surface area contributed by atoms with Crippen molar-refractivity contribution in [3.8, 4) is 22.5 Å². The van der Waals surface area contributed by atoms with Gasteiger partial charge in [-0.15, -0.1) is 0 Å². The van der Waals surface area contributed by atoms with Crippen molar-refractivity contribution < 1.29 is 19.4 Å². The number of carbonyl (C=O) groups excluding carboxylic acids is 2. The molecule has 2 N–H and O–H groups in total. The maximum atomic E-state index is 12.8. The Morgan fingerprint density at radius 2 is 1.48 bits per heavy atom. The lowest BCUT2D eigenvalue weighted by molar-refractivity contribution is -0.103. The second kappa shape index (κ2) is 8.19. The maximum absolute atomic E-state index is 12.8. The monoisotopic (exact) mass is 361 g/mol. The number of carbonyl (C=O) groups is 2. The first-order valence-electron chi connectivity index (χ1n) is 8.55. The number of aliphatic hydroxyl groups excluding tert-OH is 1. The van der Waals surface area contributed by atoms with Crippen LogP contribution in [-0.4, -0.2) is 29.0 Å². The second-order valence-electron chi connectivity index (χ2n) is 5.78. The van der Waals surface area contributed by atoms with Crippen LogP contribution in [0.1, 0.15) is 22.8 Å². The van der Waals surface area contributed by atoms with Crippen LogP contribution in [0, 0.1) is 0 Å². The zero-order valence-electron chi connectivity index (χ0n) is 14.8. The molecule has 3 rings (SSSR count). The largest absolute Gasteiger partial charge is 0.515 e. The summed E-state index contributed by atoms with van der Waals surface area (Å²) in [7, 11) is 0. The molecule has 0 saturated carbocycles. The smallest absolute Gasteiger partial charge is 0.340 e. The van der Waals surface area contributed by atoms with Crippen LogP contribution in [0.25, 0.3) is 28.1 Å². The molecule has 136 valence electrons. The number of ether oxygens (including phenoxy) is 1. The molecule has 1 heterocycles. The van der Waals surface area contributed by atoms with E-state index in [1.54, 1.807) is 6.92 Å². The summed E-state index contributed by atoms with van der Waals surface area (Å²) in [6, 6.07) is 18.6. The summed E-state index contributed by atoms with van der Waals surface area (Å²) in [5, 5.41) is 9.61. The molecular weight excluding hydrogens is 342 g/mol. The van der Waals surface area contributed by atoms with E-state index in [2.05, 4.69) is 4.98 Å². The van der Waals surface area contributed by atoms with Gasteiger partial charge in [0.05, 0.1) is 35.4 Å². The first-order chi connectivity index (χ1) is 13.2. The van der Waals surface area contributed by atoms with Crippen molar-refractivity contribution in [1.82, 2.24) is 4.98 Å². The molecule has 0 saturated heterocycles. The molecule has 0 spiro atoms.